The zero-order valence-corrected chi connectivity index (χ0v) is 15.0. The van der Waals surface area contributed by atoms with Gasteiger partial charge in [-0.1, -0.05) is 43.2 Å². The van der Waals surface area contributed by atoms with E-state index >= 15 is 0 Å². The zero-order chi connectivity index (χ0) is 17.6. The van der Waals surface area contributed by atoms with Crippen molar-refractivity contribution in [3.8, 4) is 0 Å². The van der Waals surface area contributed by atoms with Gasteiger partial charge in [-0.3, -0.25) is 0 Å². The number of fused-ring (bicyclic) bond motifs is 2. The van der Waals surface area contributed by atoms with Gasteiger partial charge in [-0.25, -0.2) is 4.79 Å². The second-order valence-corrected chi connectivity index (χ2v) is 7.79. The maximum absolute atomic E-state index is 13.0. The van der Waals surface area contributed by atoms with Crippen molar-refractivity contribution in [3.63, 3.8) is 0 Å². The maximum Gasteiger partial charge on any atom is 0.318 e. The van der Waals surface area contributed by atoms with E-state index in [4.69, 9.17) is 0 Å². The van der Waals surface area contributed by atoms with Crippen molar-refractivity contribution in [2.24, 2.45) is 5.92 Å². The Hall–Kier alpha value is -2.37. The molecule has 0 radical (unpaired) electrons. The second-order valence-electron chi connectivity index (χ2n) is 7.79. The molecule has 0 spiro atoms. The third-order valence-corrected chi connectivity index (χ3v) is 6.52. The molecule has 2 aromatic rings. The average Bonchev–Trinajstić information content (AvgIpc) is 3.26. The number of likely N-dealkylation sites (tertiary alicyclic amines) is 1. The molecule has 2 atom stereocenters. The van der Waals surface area contributed by atoms with Gasteiger partial charge in [0.15, 0.2) is 5.82 Å². The van der Waals surface area contributed by atoms with Gasteiger partial charge >= 0.3 is 6.03 Å². The van der Waals surface area contributed by atoms with Crippen LogP contribution in [0.5, 0.6) is 0 Å². The van der Waals surface area contributed by atoms with Crippen molar-refractivity contribution in [3.05, 3.63) is 47.5 Å². The summed E-state index contributed by atoms with van der Waals surface area (Å²) in [5.74, 6) is 2.51. The molecule has 1 N–H and O–H groups in total. The highest BCUT2D eigenvalue weighted by Gasteiger charge is 2.57. The first-order valence-corrected chi connectivity index (χ1v) is 9.81. The predicted octanol–water partition coefficient (Wildman–Crippen LogP) is 2.84. The number of hydrogen-bond donors (Lipinski definition) is 1. The fourth-order valence-electron chi connectivity index (χ4n) is 5.22. The highest BCUT2D eigenvalue weighted by molar-refractivity contribution is 5.77. The lowest BCUT2D eigenvalue weighted by Gasteiger charge is -2.61. The number of aromatic nitrogens is 3. The number of benzene rings is 1. The van der Waals surface area contributed by atoms with E-state index in [0.29, 0.717) is 12.5 Å². The Morgan fingerprint density at radius 1 is 1.19 bits per heavy atom. The van der Waals surface area contributed by atoms with Gasteiger partial charge in [0.25, 0.3) is 0 Å². The van der Waals surface area contributed by atoms with Crippen LogP contribution < -0.4 is 5.32 Å². The molecule has 26 heavy (non-hydrogen) atoms. The summed E-state index contributed by atoms with van der Waals surface area (Å²) in [5, 5.41) is 11.6. The number of nitrogens with one attached hydrogen (secondary N) is 1. The highest BCUT2D eigenvalue weighted by Crippen LogP contribution is 2.53. The predicted molar refractivity (Wildman–Crippen MR) is 97.4 cm³/mol. The van der Waals surface area contributed by atoms with Crippen LogP contribution in [-0.2, 0) is 25.0 Å². The zero-order valence-electron chi connectivity index (χ0n) is 15.0. The Labute approximate surface area is 153 Å². The summed E-state index contributed by atoms with van der Waals surface area (Å²) in [6, 6.07) is 10.6. The van der Waals surface area contributed by atoms with Crippen molar-refractivity contribution >= 4 is 6.03 Å². The Balaban J connectivity index is 1.34. The van der Waals surface area contributed by atoms with Crippen LogP contribution in [0.3, 0.4) is 0 Å². The Morgan fingerprint density at radius 3 is 2.92 bits per heavy atom. The number of rotatable bonds is 3. The average molecular weight is 351 g/mol. The van der Waals surface area contributed by atoms with Crippen LogP contribution in [0.25, 0.3) is 0 Å². The molecule has 1 saturated carbocycles. The van der Waals surface area contributed by atoms with E-state index in [1.165, 1.54) is 24.8 Å². The van der Waals surface area contributed by atoms with Crippen LogP contribution in [0.15, 0.2) is 30.3 Å². The van der Waals surface area contributed by atoms with E-state index in [1.807, 2.05) is 6.07 Å². The fraction of sp³-hybridized carbons (Fsp3) is 0.550. The molecular weight excluding hydrogens is 326 g/mol. The summed E-state index contributed by atoms with van der Waals surface area (Å²) in [7, 11) is 0. The first kappa shape index (κ1) is 15.9. The lowest BCUT2D eigenvalue weighted by molar-refractivity contribution is -0.0794. The van der Waals surface area contributed by atoms with Crippen LogP contribution in [0.1, 0.15) is 49.3 Å². The molecule has 1 aromatic carbocycles. The number of aryl methyl sites for hydroxylation is 1. The molecule has 1 aliphatic carbocycles. The van der Waals surface area contributed by atoms with Crippen LogP contribution in [-0.4, -0.2) is 32.2 Å². The van der Waals surface area contributed by atoms with E-state index < -0.39 is 0 Å². The first-order chi connectivity index (χ1) is 12.8. The van der Waals surface area contributed by atoms with E-state index in [0.717, 1.165) is 44.0 Å². The van der Waals surface area contributed by atoms with E-state index in [1.54, 1.807) is 0 Å². The number of nitrogens with zero attached hydrogens (tertiary/aromatic N) is 4. The number of carbonyl (C=O) groups is 1. The molecule has 0 bridgehead atoms. The third-order valence-electron chi connectivity index (χ3n) is 6.52. The molecular formula is C20H25N5O. The molecule has 3 aliphatic rings. The van der Waals surface area contributed by atoms with Crippen LogP contribution in [0, 0.1) is 5.92 Å². The monoisotopic (exact) mass is 351 g/mol. The Morgan fingerprint density at radius 2 is 2.08 bits per heavy atom. The minimum Gasteiger partial charge on any atom is -0.331 e. The van der Waals surface area contributed by atoms with Crippen molar-refractivity contribution in [1.29, 1.82) is 0 Å². The van der Waals surface area contributed by atoms with Gasteiger partial charge in [0.1, 0.15) is 5.82 Å². The molecule has 2 fully saturated rings. The summed E-state index contributed by atoms with van der Waals surface area (Å²) in [6.07, 6.45) is 6.86. The van der Waals surface area contributed by atoms with Crippen LogP contribution in [0.2, 0.25) is 0 Å². The van der Waals surface area contributed by atoms with Crippen molar-refractivity contribution in [2.75, 3.05) is 6.54 Å². The summed E-state index contributed by atoms with van der Waals surface area (Å²) in [6.45, 7) is 2.28. The summed E-state index contributed by atoms with van der Waals surface area (Å²) < 4.78 is 2.15. The Kier molecular flexibility index (Phi) is 3.72. The fourth-order valence-corrected chi connectivity index (χ4v) is 5.22. The van der Waals surface area contributed by atoms with Crippen molar-refractivity contribution < 1.29 is 4.79 Å². The van der Waals surface area contributed by atoms with E-state index in [2.05, 4.69) is 49.2 Å². The molecule has 5 rings (SSSR count). The maximum atomic E-state index is 13.0. The van der Waals surface area contributed by atoms with Crippen molar-refractivity contribution in [2.45, 2.75) is 57.2 Å². The number of urea groups is 1. The van der Waals surface area contributed by atoms with Gasteiger partial charge in [-0.2, -0.15) is 0 Å². The van der Waals surface area contributed by atoms with Crippen LogP contribution in [0.4, 0.5) is 4.79 Å². The lowest BCUT2D eigenvalue weighted by Crippen LogP contribution is -2.69. The molecule has 6 heteroatoms. The van der Waals surface area contributed by atoms with Crippen molar-refractivity contribution in [1.82, 2.24) is 25.0 Å². The molecule has 136 valence electrons. The normalized spacial score (nSPS) is 26.8. The lowest BCUT2D eigenvalue weighted by atomic mass is 9.62. The van der Waals surface area contributed by atoms with Gasteiger partial charge in [-0.15, -0.1) is 10.2 Å². The van der Waals surface area contributed by atoms with E-state index in [9.17, 15) is 4.79 Å². The van der Waals surface area contributed by atoms with E-state index in [-0.39, 0.29) is 11.6 Å². The molecule has 1 aromatic heterocycles. The molecule has 0 unspecified atom stereocenters. The Bertz CT molecular complexity index is 817. The standard InChI is InChI=1S/C20H25N5O/c26-19(21-13-18-23-22-17-10-6-12-24(17)18)25-14-16-9-4-5-11-20(16,25)15-7-2-1-3-8-15/h1-3,7-8,16H,4-6,9-14H2,(H,21,26)/t16-,20-/m0/s1. The number of amides is 2. The van der Waals surface area contributed by atoms with Gasteiger partial charge < -0.3 is 14.8 Å². The largest absolute Gasteiger partial charge is 0.331 e. The van der Waals surface area contributed by atoms with Gasteiger partial charge in [0, 0.05) is 25.4 Å². The summed E-state index contributed by atoms with van der Waals surface area (Å²) >= 11 is 0. The van der Waals surface area contributed by atoms with Crippen LogP contribution >= 0.6 is 0 Å². The smallest absolute Gasteiger partial charge is 0.318 e. The third kappa shape index (κ3) is 2.27. The molecule has 1 saturated heterocycles. The number of carbonyl (C=O) groups excluding carboxylic acids is 1. The quantitative estimate of drug-likeness (QED) is 0.925. The van der Waals surface area contributed by atoms with Gasteiger partial charge in [0.2, 0.25) is 0 Å². The molecule has 6 nitrogen and oxygen atoms in total. The van der Waals surface area contributed by atoms with Gasteiger partial charge in [-0.05, 0) is 24.8 Å². The minimum atomic E-state index is -0.115. The molecule has 3 heterocycles. The summed E-state index contributed by atoms with van der Waals surface area (Å²) in [4.78, 5) is 15.1. The minimum absolute atomic E-state index is 0.0300. The van der Waals surface area contributed by atoms with Gasteiger partial charge in [0.05, 0.1) is 12.1 Å². The first-order valence-electron chi connectivity index (χ1n) is 9.81. The summed E-state index contributed by atoms with van der Waals surface area (Å²) in [5.41, 5.74) is 1.17. The highest BCUT2D eigenvalue weighted by atomic mass is 16.2. The second kappa shape index (κ2) is 6.11. The SMILES string of the molecule is O=C(NCc1nnc2n1CCC2)N1C[C@@H]2CCCC[C@]21c1ccccc1. The molecule has 2 amide bonds. The number of hydrogen-bond acceptors (Lipinski definition) is 3. The molecule has 2 aliphatic heterocycles. The topological polar surface area (TPSA) is 63.1 Å².